The Balaban J connectivity index is 1.70. The van der Waals surface area contributed by atoms with Crippen LogP contribution in [0.25, 0.3) is 0 Å². The highest BCUT2D eigenvalue weighted by Gasteiger charge is 2.16. The number of esters is 1. The lowest BCUT2D eigenvalue weighted by atomic mass is 9.84. The van der Waals surface area contributed by atoms with Gasteiger partial charge in [-0.1, -0.05) is 31.4 Å². The van der Waals surface area contributed by atoms with Crippen molar-refractivity contribution in [3.05, 3.63) is 59.4 Å². The predicted molar refractivity (Wildman–Crippen MR) is 90.1 cm³/mol. The number of ether oxygens (including phenoxy) is 2. The summed E-state index contributed by atoms with van der Waals surface area (Å²) in [5.74, 6) is 0.141. The van der Waals surface area contributed by atoms with Gasteiger partial charge in [-0.3, -0.25) is 0 Å². The summed E-state index contributed by atoms with van der Waals surface area (Å²) in [6.07, 6.45) is 6.40. The van der Waals surface area contributed by atoms with Crippen LogP contribution in [0, 0.1) is 5.82 Å². The van der Waals surface area contributed by atoms with E-state index in [2.05, 4.69) is 16.9 Å². The minimum Gasteiger partial charge on any atom is -0.465 e. The lowest BCUT2D eigenvalue weighted by Crippen LogP contribution is -2.04. The standard InChI is InChI=1S/C20H21FO3/c1-23-20(22)16-9-12-19(18(21)13-16)24-17-10-7-15(8-11-17)14-5-3-2-4-6-14/h7-14H,2-6H2,1H3. The highest BCUT2D eigenvalue weighted by atomic mass is 19.1. The molecule has 0 bridgehead atoms. The Morgan fingerprint density at radius 3 is 2.38 bits per heavy atom. The van der Waals surface area contributed by atoms with Gasteiger partial charge in [-0.15, -0.1) is 0 Å². The molecule has 0 atom stereocenters. The summed E-state index contributed by atoms with van der Waals surface area (Å²) in [5, 5.41) is 0. The Morgan fingerprint density at radius 2 is 1.75 bits per heavy atom. The number of rotatable bonds is 4. The Labute approximate surface area is 141 Å². The zero-order valence-corrected chi connectivity index (χ0v) is 13.8. The van der Waals surface area contributed by atoms with Crippen LogP contribution in [0.3, 0.4) is 0 Å². The second-order valence-electron chi connectivity index (χ2n) is 6.14. The molecule has 4 heteroatoms. The molecule has 0 aliphatic heterocycles. The summed E-state index contributed by atoms with van der Waals surface area (Å²) in [6.45, 7) is 0. The molecule has 0 spiro atoms. The maximum atomic E-state index is 14.1. The predicted octanol–water partition coefficient (Wildman–Crippen LogP) is 5.45. The Morgan fingerprint density at radius 1 is 1.04 bits per heavy atom. The molecule has 0 amide bonds. The molecule has 2 aromatic carbocycles. The van der Waals surface area contributed by atoms with E-state index >= 15 is 0 Å². The monoisotopic (exact) mass is 328 g/mol. The van der Waals surface area contributed by atoms with Crippen molar-refractivity contribution in [3.8, 4) is 11.5 Å². The fraction of sp³-hybridized carbons (Fsp3) is 0.350. The first kappa shape index (κ1) is 16.5. The number of hydrogen-bond donors (Lipinski definition) is 0. The average Bonchev–Trinajstić information content (AvgIpc) is 2.64. The molecule has 3 nitrogen and oxygen atoms in total. The maximum Gasteiger partial charge on any atom is 0.337 e. The van der Waals surface area contributed by atoms with E-state index in [4.69, 9.17) is 4.74 Å². The molecule has 0 heterocycles. The maximum absolute atomic E-state index is 14.1. The van der Waals surface area contributed by atoms with Gasteiger partial charge >= 0.3 is 5.97 Å². The first-order chi connectivity index (χ1) is 11.7. The van der Waals surface area contributed by atoms with Crippen molar-refractivity contribution in [2.45, 2.75) is 38.0 Å². The van der Waals surface area contributed by atoms with E-state index in [0.29, 0.717) is 11.7 Å². The largest absolute Gasteiger partial charge is 0.465 e. The molecule has 0 radical (unpaired) electrons. The number of methoxy groups -OCH3 is 1. The molecular formula is C20H21FO3. The minimum absolute atomic E-state index is 0.0908. The number of carbonyl (C=O) groups is 1. The van der Waals surface area contributed by atoms with E-state index in [9.17, 15) is 9.18 Å². The van der Waals surface area contributed by atoms with Crippen molar-refractivity contribution in [1.29, 1.82) is 0 Å². The van der Waals surface area contributed by atoms with Crippen LogP contribution in [0.1, 0.15) is 53.9 Å². The average molecular weight is 328 g/mol. The first-order valence-electron chi connectivity index (χ1n) is 8.33. The fourth-order valence-electron chi connectivity index (χ4n) is 3.20. The van der Waals surface area contributed by atoms with Gasteiger partial charge in [0.1, 0.15) is 5.75 Å². The SMILES string of the molecule is COC(=O)c1ccc(Oc2ccc(C3CCCCC3)cc2)c(F)c1. The van der Waals surface area contributed by atoms with E-state index in [1.54, 1.807) is 0 Å². The van der Waals surface area contributed by atoms with E-state index in [-0.39, 0.29) is 11.3 Å². The van der Waals surface area contributed by atoms with E-state index in [1.165, 1.54) is 56.9 Å². The fourth-order valence-corrected chi connectivity index (χ4v) is 3.20. The van der Waals surface area contributed by atoms with Gasteiger partial charge in [0, 0.05) is 0 Å². The van der Waals surface area contributed by atoms with E-state index in [0.717, 1.165) is 6.07 Å². The molecule has 3 rings (SSSR count). The lowest BCUT2D eigenvalue weighted by Gasteiger charge is -2.22. The van der Waals surface area contributed by atoms with Gasteiger partial charge in [0.05, 0.1) is 12.7 Å². The van der Waals surface area contributed by atoms with Crippen molar-refractivity contribution in [2.75, 3.05) is 7.11 Å². The van der Waals surface area contributed by atoms with Gasteiger partial charge < -0.3 is 9.47 Å². The number of halogens is 1. The quantitative estimate of drug-likeness (QED) is 0.700. The zero-order valence-electron chi connectivity index (χ0n) is 13.8. The van der Waals surface area contributed by atoms with Crippen LogP contribution in [0.15, 0.2) is 42.5 Å². The molecule has 24 heavy (non-hydrogen) atoms. The summed E-state index contributed by atoms with van der Waals surface area (Å²) in [6, 6.07) is 11.9. The Hall–Kier alpha value is -2.36. The first-order valence-corrected chi connectivity index (χ1v) is 8.33. The number of carbonyl (C=O) groups excluding carboxylic acids is 1. The van der Waals surface area contributed by atoms with Crippen LogP contribution in [0.5, 0.6) is 11.5 Å². The normalized spacial score (nSPS) is 15.1. The molecule has 1 aliphatic rings. The zero-order chi connectivity index (χ0) is 16.9. The highest BCUT2D eigenvalue weighted by molar-refractivity contribution is 5.89. The summed E-state index contributed by atoms with van der Waals surface area (Å²) >= 11 is 0. The Kier molecular flexibility index (Phi) is 5.14. The van der Waals surface area contributed by atoms with Crippen LogP contribution in [-0.2, 0) is 4.74 Å². The minimum atomic E-state index is -0.589. The molecular weight excluding hydrogens is 307 g/mol. The van der Waals surface area contributed by atoms with Gasteiger partial charge in [0.25, 0.3) is 0 Å². The number of benzene rings is 2. The van der Waals surface area contributed by atoms with Gasteiger partial charge in [-0.05, 0) is 54.7 Å². The third-order valence-electron chi connectivity index (χ3n) is 4.54. The van der Waals surface area contributed by atoms with E-state index < -0.39 is 11.8 Å². The third kappa shape index (κ3) is 3.75. The highest BCUT2D eigenvalue weighted by Crippen LogP contribution is 2.34. The summed E-state index contributed by atoms with van der Waals surface area (Å²) < 4.78 is 24.2. The molecule has 0 saturated heterocycles. The Bertz CT molecular complexity index is 703. The second kappa shape index (κ2) is 7.47. The van der Waals surface area contributed by atoms with Gasteiger partial charge in [-0.25, -0.2) is 9.18 Å². The van der Waals surface area contributed by atoms with Crippen LogP contribution in [0.4, 0.5) is 4.39 Å². The van der Waals surface area contributed by atoms with Crippen molar-refractivity contribution < 1.29 is 18.7 Å². The molecule has 2 aromatic rings. The van der Waals surface area contributed by atoms with Gasteiger partial charge in [-0.2, -0.15) is 0 Å². The van der Waals surface area contributed by atoms with Crippen molar-refractivity contribution in [2.24, 2.45) is 0 Å². The number of hydrogen-bond acceptors (Lipinski definition) is 3. The molecule has 1 aliphatic carbocycles. The van der Waals surface area contributed by atoms with Crippen molar-refractivity contribution in [1.82, 2.24) is 0 Å². The second-order valence-corrected chi connectivity index (χ2v) is 6.14. The van der Waals surface area contributed by atoms with Crippen LogP contribution in [0.2, 0.25) is 0 Å². The lowest BCUT2D eigenvalue weighted by molar-refractivity contribution is 0.0600. The molecule has 0 aromatic heterocycles. The molecule has 1 fully saturated rings. The van der Waals surface area contributed by atoms with Crippen molar-refractivity contribution >= 4 is 5.97 Å². The van der Waals surface area contributed by atoms with Crippen LogP contribution in [-0.4, -0.2) is 13.1 Å². The van der Waals surface area contributed by atoms with Crippen LogP contribution >= 0.6 is 0 Å². The summed E-state index contributed by atoms with van der Waals surface area (Å²) in [7, 11) is 1.26. The third-order valence-corrected chi connectivity index (χ3v) is 4.54. The summed E-state index contributed by atoms with van der Waals surface area (Å²) in [5.41, 5.74) is 1.48. The van der Waals surface area contributed by atoms with Crippen LogP contribution < -0.4 is 4.74 Å². The topological polar surface area (TPSA) is 35.5 Å². The van der Waals surface area contributed by atoms with Gasteiger partial charge in [0.15, 0.2) is 11.6 Å². The molecule has 126 valence electrons. The molecule has 0 N–H and O–H groups in total. The van der Waals surface area contributed by atoms with E-state index in [1.807, 2.05) is 12.1 Å². The van der Waals surface area contributed by atoms with Gasteiger partial charge in [0.2, 0.25) is 0 Å². The summed E-state index contributed by atoms with van der Waals surface area (Å²) in [4.78, 5) is 11.4. The van der Waals surface area contributed by atoms with Crippen molar-refractivity contribution in [3.63, 3.8) is 0 Å². The smallest absolute Gasteiger partial charge is 0.337 e. The molecule has 1 saturated carbocycles. The molecule has 0 unspecified atom stereocenters.